The van der Waals surface area contributed by atoms with E-state index in [9.17, 15) is 9.90 Å². The standard InChI is InChI=1S/C10H13NO3/c1-3-14-9-5-4-7(12)6-8(9)10(13)11-2/h4-6,12H,3H2,1-2H3,(H,11,13). The maximum atomic E-state index is 11.4. The highest BCUT2D eigenvalue weighted by atomic mass is 16.5. The minimum absolute atomic E-state index is 0.0482. The minimum atomic E-state index is -0.274. The molecule has 0 spiro atoms. The summed E-state index contributed by atoms with van der Waals surface area (Å²) in [6.45, 7) is 2.31. The van der Waals surface area contributed by atoms with Gasteiger partial charge in [0.2, 0.25) is 0 Å². The highest BCUT2D eigenvalue weighted by molar-refractivity contribution is 5.97. The minimum Gasteiger partial charge on any atom is -0.508 e. The first kappa shape index (κ1) is 10.4. The number of phenols is 1. The van der Waals surface area contributed by atoms with Gasteiger partial charge in [-0.1, -0.05) is 0 Å². The van der Waals surface area contributed by atoms with E-state index in [1.54, 1.807) is 6.07 Å². The number of carbonyl (C=O) groups is 1. The van der Waals surface area contributed by atoms with Crippen molar-refractivity contribution in [2.75, 3.05) is 13.7 Å². The summed E-state index contributed by atoms with van der Waals surface area (Å²) in [6.07, 6.45) is 0. The molecule has 0 aliphatic carbocycles. The van der Waals surface area contributed by atoms with Gasteiger partial charge < -0.3 is 15.2 Å². The van der Waals surface area contributed by atoms with E-state index in [4.69, 9.17) is 4.74 Å². The van der Waals surface area contributed by atoms with Crippen LogP contribution >= 0.6 is 0 Å². The van der Waals surface area contributed by atoms with Crippen LogP contribution in [0.1, 0.15) is 17.3 Å². The fourth-order valence-electron chi connectivity index (χ4n) is 1.11. The average molecular weight is 195 g/mol. The third-order valence-electron chi connectivity index (χ3n) is 1.73. The van der Waals surface area contributed by atoms with E-state index in [0.29, 0.717) is 17.9 Å². The molecular weight excluding hydrogens is 182 g/mol. The molecular formula is C10H13NO3. The van der Waals surface area contributed by atoms with E-state index in [-0.39, 0.29) is 11.7 Å². The Bertz CT molecular complexity index is 336. The highest BCUT2D eigenvalue weighted by Crippen LogP contribution is 2.23. The predicted molar refractivity (Wildman–Crippen MR) is 52.7 cm³/mol. The molecule has 1 rings (SSSR count). The lowest BCUT2D eigenvalue weighted by Gasteiger charge is -2.08. The first-order valence-corrected chi connectivity index (χ1v) is 4.37. The lowest BCUT2D eigenvalue weighted by atomic mass is 10.2. The van der Waals surface area contributed by atoms with Gasteiger partial charge in [0.25, 0.3) is 5.91 Å². The number of nitrogens with one attached hydrogen (secondary N) is 1. The predicted octanol–water partition coefficient (Wildman–Crippen LogP) is 1.15. The molecule has 0 aliphatic rings. The number of aromatic hydroxyl groups is 1. The zero-order valence-corrected chi connectivity index (χ0v) is 8.20. The molecule has 0 aliphatic heterocycles. The third-order valence-corrected chi connectivity index (χ3v) is 1.73. The van der Waals surface area contributed by atoms with Gasteiger partial charge in [-0.05, 0) is 25.1 Å². The van der Waals surface area contributed by atoms with Crippen molar-refractivity contribution in [1.29, 1.82) is 0 Å². The van der Waals surface area contributed by atoms with Crippen molar-refractivity contribution in [1.82, 2.24) is 5.32 Å². The number of phenolic OH excluding ortho intramolecular Hbond substituents is 1. The Morgan fingerprint density at radius 1 is 1.57 bits per heavy atom. The fraction of sp³-hybridized carbons (Fsp3) is 0.300. The molecule has 1 amide bonds. The molecule has 0 fully saturated rings. The fourth-order valence-corrected chi connectivity index (χ4v) is 1.11. The van der Waals surface area contributed by atoms with Gasteiger partial charge in [0, 0.05) is 7.05 Å². The second kappa shape index (κ2) is 4.50. The van der Waals surface area contributed by atoms with Crippen LogP contribution in [0.3, 0.4) is 0 Å². The van der Waals surface area contributed by atoms with Gasteiger partial charge in [-0.25, -0.2) is 0 Å². The van der Waals surface area contributed by atoms with Crippen LogP contribution in [0.4, 0.5) is 0 Å². The van der Waals surface area contributed by atoms with Crippen LogP contribution in [0.15, 0.2) is 18.2 Å². The van der Waals surface area contributed by atoms with Crippen molar-refractivity contribution in [2.45, 2.75) is 6.92 Å². The summed E-state index contributed by atoms with van der Waals surface area (Å²) in [6, 6.07) is 4.44. The molecule has 0 unspecified atom stereocenters. The molecule has 0 radical (unpaired) electrons. The van der Waals surface area contributed by atoms with E-state index < -0.39 is 0 Å². The number of rotatable bonds is 3. The van der Waals surface area contributed by atoms with E-state index in [1.807, 2.05) is 6.92 Å². The van der Waals surface area contributed by atoms with Gasteiger partial charge in [-0.2, -0.15) is 0 Å². The molecule has 4 nitrogen and oxygen atoms in total. The van der Waals surface area contributed by atoms with Crippen LogP contribution in [0.2, 0.25) is 0 Å². The first-order valence-electron chi connectivity index (χ1n) is 4.37. The third kappa shape index (κ3) is 2.16. The molecule has 0 heterocycles. The number of ether oxygens (including phenoxy) is 1. The SMILES string of the molecule is CCOc1ccc(O)cc1C(=O)NC. The molecule has 1 aromatic carbocycles. The van der Waals surface area contributed by atoms with Crippen molar-refractivity contribution < 1.29 is 14.6 Å². The van der Waals surface area contributed by atoms with Crippen molar-refractivity contribution in [2.24, 2.45) is 0 Å². The monoisotopic (exact) mass is 195 g/mol. The van der Waals surface area contributed by atoms with Gasteiger partial charge in [-0.15, -0.1) is 0 Å². The van der Waals surface area contributed by atoms with Crippen LogP contribution in [-0.2, 0) is 0 Å². The Hall–Kier alpha value is -1.71. The van der Waals surface area contributed by atoms with E-state index >= 15 is 0 Å². The normalized spacial score (nSPS) is 9.57. The summed E-state index contributed by atoms with van der Waals surface area (Å²) < 4.78 is 5.24. The second-order valence-corrected chi connectivity index (χ2v) is 2.69. The molecule has 2 N–H and O–H groups in total. The summed E-state index contributed by atoms with van der Waals surface area (Å²) in [5.74, 6) is 0.251. The lowest BCUT2D eigenvalue weighted by Crippen LogP contribution is -2.18. The molecule has 0 aromatic heterocycles. The van der Waals surface area contributed by atoms with Gasteiger partial charge in [-0.3, -0.25) is 4.79 Å². The average Bonchev–Trinajstić information content (AvgIpc) is 2.20. The van der Waals surface area contributed by atoms with Crippen LogP contribution in [-0.4, -0.2) is 24.7 Å². The zero-order valence-electron chi connectivity index (χ0n) is 8.20. The Morgan fingerprint density at radius 2 is 2.29 bits per heavy atom. The van der Waals surface area contributed by atoms with Crippen LogP contribution in [0.5, 0.6) is 11.5 Å². The summed E-state index contributed by atoms with van der Waals surface area (Å²) in [4.78, 5) is 11.4. The molecule has 0 saturated heterocycles. The number of hydrogen-bond donors (Lipinski definition) is 2. The van der Waals surface area contributed by atoms with E-state index in [2.05, 4.69) is 5.32 Å². The molecule has 14 heavy (non-hydrogen) atoms. The van der Waals surface area contributed by atoms with Gasteiger partial charge >= 0.3 is 0 Å². The van der Waals surface area contributed by atoms with Gasteiger partial charge in [0.15, 0.2) is 0 Å². The van der Waals surface area contributed by atoms with Crippen molar-refractivity contribution in [3.8, 4) is 11.5 Å². The number of benzene rings is 1. The highest BCUT2D eigenvalue weighted by Gasteiger charge is 2.11. The molecule has 0 bridgehead atoms. The van der Waals surface area contributed by atoms with Crippen molar-refractivity contribution in [3.63, 3.8) is 0 Å². The number of hydrogen-bond acceptors (Lipinski definition) is 3. The zero-order chi connectivity index (χ0) is 10.6. The summed E-state index contributed by atoms with van der Waals surface area (Å²) >= 11 is 0. The molecule has 0 saturated carbocycles. The quantitative estimate of drug-likeness (QED) is 0.760. The Labute approximate surface area is 82.5 Å². The Kier molecular flexibility index (Phi) is 3.34. The maximum absolute atomic E-state index is 11.4. The smallest absolute Gasteiger partial charge is 0.254 e. The van der Waals surface area contributed by atoms with Crippen molar-refractivity contribution in [3.05, 3.63) is 23.8 Å². The number of amides is 1. The van der Waals surface area contributed by atoms with E-state index in [0.717, 1.165) is 0 Å². The van der Waals surface area contributed by atoms with Crippen LogP contribution in [0.25, 0.3) is 0 Å². The first-order chi connectivity index (χ1) is 6.69. The Balaban J connectivity index is 3.08. The lowest BCUT2D eigenvalue weighted by molar-refractivity contribution is 0.0959. The largest absolute Gasteiger partial charge is 0.508 e. The molecule has 76 valence electrons. The summed E-state index contributed by atoms with van der Waals surface area (Å²) in [5.41, 5.74) is 0.342. The van der Waals surface area contributed by atoms with Gasteiger partial charge in [0.05, 0.1) is 12.2 Å². The Morgan fingerprint density at radius 3 is 2.86 bits per heavy atom. The molecule has 1 aromatic rings. The maximum Gasteiger partial charge on any atom is 0.254 e. The van der Waals surface area contributed by atoms with E-state index in [1.165, 1.54) is 19.2 Å². The summed E-state index contributed by atoms with van der Waals surface area (Å²) in [7, 11) is 1.53. The van der Waals surface area contributed by atoms with Crippen molar-refractivity contribution >= 4 is 5.91 Å². The van der Waals surface area contributed by atoms with Crippen LogP contribution < -0.4 is 10.1 Å². The van der Waals surface area contributed by atoms with Gasteiger partial charge in [0.1, 0.15) is 11.5 Å². The number of carbonyl (C=O) groups excluding carboxylic acids is 1. The molecule has 4 heteroatoms. The molecule has 0 atom stereocenters. The summed E-state index contributed by atoms with van der Waals surface area (Å²) in [5, 5.41) is 11.7. The second-order valence-electron chi connectivity index (χ2n) is 2.69. The van der Waals surface area contributed by atoms with Crippen LogP contribution in [0, 0.1) is 0 Å². The topological polar surface area (TPSA) is 58.6 Å².